The van der Waals surface area contributed by atoms with E-state index in [-0.39, 0.29) is 25.7 Å². The minimum atomic E-state index is -4.96. The fraction of sp³-hybridized carbons (Fsp3) is 0.948. The summed E-state index contributed by atoms with van der Waals surface area (Å²) in [5, 5.41) is 10.6. The third-order valence-electron chi connectivity index (χ3n) is 18.0. The predicted molar refractivity (Wildman–Crippen MR) is 391 cm³/mol. The van der Waals surface area contributed by atoms with Gasteiger partial charge in [-0.2, -0.15) is 0 Å². The smallest absolute Gasteiger partial charge is 0.462 e. The highest BCUT2D eigenvalue weighted by atomic mass is 31.2. The molecule has 0 spiro atoms. The van der Waals surface area contributed by atoms with Gasteiger partial charge in [0.1, 0.15) is 19.3 Å². The second-order valence-electron chi connectivity index (χ2n) is 28.2. The number of esters is 4. The molecule has 96 heavy (non-hydrogen) atoms. The van der Waals surface area contributed by atoms with Crippen molar-refractivity contribution in [3.05, 3.63) is 0 Å². The van der Waals surface area contributed by atoms with Crippen molar-refractivity contribution in [2.75, 3.05) is 39.6 Å². The van der Waals surface area contributed by atoms with E-state index in [1.165, 1.54) is 218 Å². The van der Waals surface area contributed by atoms with Gasteiger partial charge in [0.2, 0.25) is 0 Å². The minimum Gasteiger partial charge on any atom is -0.462 e. The molecule has 0 fully saturated rings. The normalized spacial score (nSPS) is 13.9. The Hall–Kier alpha value is -1.94. The van der Waals surface area contributed by atoms with E-state index < -0.39 is 97.5 Å². The maximum atomic E-state index is 13.1. The quantitative estimate of drug-likeness (QED) is 0.0222. The summed E-state index contributed by atoms with van der Waals surface area (Å²) in [4.78, 5) is 72.7. The Morgan fingerprint density at radius 3 is 0.708 bits per heavy atom. The second kappa shape index (κ2) is 70.1. The summed E-state index contributed by atoms with van der Waals surface area (Å²) in [6.45, 7) is 7.29. The molecular formula is C77H150O17P2. The summed E-state index contributed by atoms with van der Waals surface area (Å²) in [6.07, 6.45) is 59.8. The highest BCUT2D eigenvalue weighted by Crippen LogP contribution is 2.45. The zero-order valence-electron chi connectivity index (χ0n) is 62.5. The molecule has 0 amide bonds. The summed E-state index contributed by atoms with van der Waals surface area (Å²) in [5.41, 5.74) is 0. The lowest BCUT2D eigenvalue weighted by molar-refractivity contribution is -0.161. The number of phosphoric ester groups is 2. The molecule has 0 aliphatic carbocycles. The van der Waals surface area contributed by atoms with E-state index in [1.807, 2.05) is 0 Å². The number of rotatable bonds is 77. The lowest BCUT2D eigenvalue weighted by atomic mass is 10.0. The standard InChI is InChI=1S/C77H150O17P2/c1-6-9-12-15-18-20-22-24-25-26-27-31-34-38-41-46-51-56-61-75(80)88-67-73(94-77(82)63-58-53-48-43-39-35-32-29-28-30-33-36-40-45-49-54-59-70(4)5)69-92-96(85,86)90-65-71(78)64-89-95(83,84)91-68-72(66-87-74(79)60-55-50-44-17-14-11-8-3)93-76(81)62-57-52-47-42-37-23-21-19-16-13-10-7-2/h70-73,78H,6-69H2,1-5H3,(H,83,84)(H,85,86)/t71-,72+,73+/m0/s1. The van der Waals surface area contributed by atoms with Crippen molar-refractivity contribution in [3.8, 4) is 0 Å². The van der Waals surface area contributed by atoms with E-state index in [1.54, 1.807) is 0 Å². The average Bonchev–Trinajstić information content (AvgIpc) is 1.38. The molecule has 0 saturated heterocycles. The molecule has 0 aliphatic heterocycles. The van der Waals surface area contributed by atoms with Gasteiger partial charge in [-0.1, -0.05) is 356 Å². The van der Waals surface area contributed by atoms with Crippen LogP contribution < -0.4 is 0 Å². The molecule has 5 atom stereocenters. The van der Waals surface area contributed by atoms with E-state index in [9.17, 15) is 43.2 Å². The molecule has 0 aliphatic rings. The first-order valence-corrected chi connectivity index (χ1v) is 43.1. The van der Waals surface area contributed by atoms with E-state index in [0.29, 0.717) is 25.7 Å². The topological polar surface area (TPSA) is 237 Å². The average molecular weight is 1410 g/mol. The fourth-order valence-electron chi connectivity index (χ4n) is 11.9. The zero-order chi connectivity index (χ0) is 70.5. The van der Waals surface area contributed by atoms with Crippen molar-refractivity contribution >= 4 is 39.5 Å². The van der Waals surface area contributed by atoms with Crippen LogP contribution >= 0.6 is 15.6 Å². The number of ether oxygens (including phenoxy) is 4. The third-order valence-corrected chi connectivity index (χ3v) is 19.9. The summed E-state index contributed by atoms with van der Waals surface area (Å²) >= 11 is 0. The van der Waals surface area contributed by atoms with Gasteiger partial charge in [-0.3, -0.25) is 37.3 Å². The monoisotopic (exact) mass is 1410 g/mol. The van der Waals surface area contributed by atoms with E-state index >= 15 is 0 Å². The van der Waals surface area contributed by atoms with Gasteiger partial charge in [0, 0.05) is 25.7 Å². The largest absolute Gasteiger partial charge is 0.472 e. The van der Waals surface area contributed by atoms with Gasteiger partial charge in [-0.25, -0.2) is 9.13 Å². The third kappa shape index (κ3) is 70.5. The van der Waals surface area contributed by atoms with Crippen LogP contribution in [0.4, 0.5) is 0 Å². The van der Waals surface area contributed by atoms with Crippen LogP contribution in [0.15, 0.2) is 0 Å². The maximum absolute atomic E-state index is 13.1. The van der Waals surface area contributed by atoms with Crippen LogP contribution in [0.2, 0.25) is 0 Å². The molecule has 0 bridgehead atoms. The van der Waals surface area contributed by atoms with Crippen molar-refractivity contribution in [1.82, 2.24) is 0 Å². The summed E-state index contributed by atoms with van der Waals surface area (Å²) in [6, 6.07) is 0. The maximum Gasteiger partial charge on any atom is 0.472 e. The Morgan fingerprint density at radius 2 is 0.479 bits per heavy atom. The highest BCUT2D eigenvalue weighted by molar-refractivity contribution is 7.47. The Kier molecular flexibility index (Phi) is 68.7. The Labute approximate surface area is 588 Å². The van der Waals surface area contributed by atoms with Crippen LogP contribution in [-0.2, 0) is 65.4 Å². The highest BCUT2D eigenvalue weighted by Gasteiger charge is 2.30. The van der Waals surface area contributed by atoms with Gasteiger partial charge < -0.3 is 33.8 Å². The number of aliphatic hydroxyl groups excluding tert-OH is 1. The molecule has 3 N–H and O–H groups in total. The molecule has 0 aromatic rings. The van der Waals surface area contributed by atoms with Crippen molar-refractivity contribution in [2.24, 2.45) is 5.92 Å². The molecule has 0 saturated carbocycles. The molecule has 0 aromatic carbocycles. The van der Waals surface area contributed by atoms with Crippen molar-refractivity contribution in [1.29, 1.82) is 0 Å². The molecule has 570 valence electrons. The minimum absolute atomic E-state index is 0.107. The summed E-state index contributed by atoms with van der Waals surface area (Å²) < 4.78 is 68.4. The van der Waals surface area contributed by atoms with Gasteiger partial charge in [-0.15, -0.1) is 0 Å². The molecule has 2 unspecified atom stereocenters. The number of carbonyl (C=O) groups is 4. The van der Waals surface area contributed by atoms with Gasteiger partial charge in [0.25, 0.3) is 0 Å². The number of hydrogen-bond donors (Lipinski definition) is 3. The molecule has 0 aromatic heterocycles. The van der Waals surface area contributed by atoms with E-state index in [0.717, 1.165) is 109 Å². The fourth-order valence-corrected chi connectivity index (χ4v) is 13.5. The number of carbonyl (C=O) groups excluding carboxylic acids is 4. The van der Waals surface area contributed by atoms with Crippen LogP contribution in [0, 0.1) is 5.92 Å². The Bertz CT molecular complexity index is 1840. The molecule has 17 nitrogen and oxygen atoms in total. The van der Waals surface area contributed by atoms with Gasteiger partial charge >= 0.3 is 39.5 Å². The first-order chi connectivity index (χ1) is 46.5. The number of hydrogen-bond acceptors (Lipinski definition) is 15. The van der Waals surface area contributed by atoms with Crippen LogP contribution in [0.25, 0.3) is 0 Å². The number of phosphoric acid groups is 2. The lowest BCUT2D eigenvalue weighted by Crippen LogP contribution is -2.30. The molecule has 0 heterocycles. The molecule has 19 heteroatoms. The summed E-state index contributed by atoms with van der Waals surface area (Å²) in [5.74, 6) is -1.31. The van der Waals surface area contributed by atoms with Crippen molar-refractivity contribution in [3.63, 3.8) is 0 Å². The predicted octanol–water partition coefficient (Wildman–Crippen LogP) is 22.9. The molecule has 0 rings (SSSR count). The second-order valence-corrected chi connectivity index (χ2v) is 31.1. The summed E-state index contributed by atoms with van der Waals surface area (Å²) in [7, 11) is -9.90. The van der Waals surface area contributed by atoms with Crippen molar-refractivity contribution in [2.45, 2.75) is 425 Å². The van der Waals surface area contributed by atoms with E-state index in [2.05, 4.69) is 34.6 Å². The van der Waals surface area contributed by atoms with Crippen LogP contribution in [0.5, 0.6) is 0 Å². The van der Waals surface area contributed by atoms with Crippen LogP contribution in [0.3, 0.4) is 0 Å². The first kappa shape index (κ1) is 94.1. The number of unbranched alkanes of at least 4 members (excludes halogenated alkanes) is 49. The lowest BCUT2D eigenvalue weighted by Gasteiger charge is -2.21. The van der Waals surface area contributed by atoms with Crippen LogP contribution in [0.1, 0.15) is 407 Å². The Balaban J connectivity index is 5.18. The number of aliphatic hydroxyl groups is 1. The first-order valence-electron chi connectivity index (χ1n) is 40.1. The Morgan fingerprint density at radius 1 is 0.281 bits per heavy atom. The zero-order valence-corrected chi connectivity index (χ0v) is 64.3. The SMILES string of the molecule is CCCCCCCCCCCCCCCCCCCCC(=O)OC[C@H](COP(=O)(O)OC[C@@H](O)COP(=O)(O)OC[C@@H](COC(=O)CCCCCCCCC)OC(=O)CCCCCCCCCCCCCC)OC(=O)CCCCCCCCCCCCCCCCCCC(C)C. The molecular weight excluding hydrogens is 1260 g/mol. The van der Waals surface area contributed by atoms with Gasteiger partial charge in [-0.05, 0) is 31.6 Å². The van der Waals surface area contributed by atoms with Gasteiger partial charge in [0.05, 0.1) is 26.4 Å². The van der Waals surface area contributed by atoms with Gasteiger partial charge in [0.15, 0.2) is 12.2 Å². The van der Waals surface area contributed by atoms with Crippen LogP contribution in [-0.4, -0.2) is 96.7 Å². The van der Waals surface area contributed by atoms with Crippen molar-refractivity contribution < 1.29 is 80.2 Å². The van der Waals surface area contributed by atoms with E-state index in [4.69, 9.17) is 37.0 Å². The molecule has 0 radical (unpaired) electrons.